The van der Waals surface area contributed by atoms with Gasteiger partial charge >= 0.3 is 0 Å². The van der Waals surface area contributed by atoms with Crippen LogP contribution in [0.1, 0.15) is 0 Å². The van der Waals surface area contributed by atoms with Crippen LogP contribution in [0.15, 0.2) is 46.3 Å². The summed E-state index contributed by atoms with van der Waals surface area (Å²) in [5.41, 5.74) is 1.02. The number of benzene rings is 1. The maximum Gasteiger partial charge on any atom is 0.210 e. The van der Waals surface area contributed by atoms with Gasteiger partial charge in [-0.15, -0.1) is 21.5 Å². The van der Waals surface area contributed by atoms with Crippen LogP contribution in [0.2, 0.25) is 0 Å². The molecule has 0 radical (unpaired) electrons. The molecule has 0 fully saturated rings. The van der Waals surface area contributed by atoms with Crippen molar-refractivity contribution in [3.8, 4) is 9.88 Å². The Morgan fingerprint density at radius 3 is 2.61 bits per heavy atom. The van der Waals surface area contributed by atoms with Crippen LogP contribution >= 0.6 is 38.6 Å². The SMILES string of the molecule is Brc1ccsc1-c1nnc(Nc2ccccc2)s1. The van der Waals surface area contributed by atoms with E-state index in [0.717, 1.165) is 25.2 Å². The van der Waals surface area contributed by atoms with E-state index in [4.69, 9.17) is 0 Å². The Balaban J connectivity index is 1.84. The molecule has 0 spiro atoms. The lowest BCUT2D eigenvalue weighted by atomic mass is 10.3. The van der Waals surface area contributed by atoms with E-state index in [-0.39, 0.29) is 0 Å². The first-order valence-electron chi connectivity index (χ1n) is 5.22. The molecule has 0 atom stereocenters. The zero-order valence-corrected chi connectivity index (χ0v) is 12.3. The number of hydrogen-bond acceptors (Lipinski definition) is 5. The van der Waals surface area contributed by atoms with E-state index >= 15 is 0 Å². The van der Waals surface area contributed by atoms with Crippen molar-refractivity contribution in [3.63, 3.8) is 0 Å². The van der Waals surface area contributed by atoms with Crippen molar-refractivity contribution in [2.75, 3.05) is 5.32 Å². The Kier molecular flexibility index (Phi) is 3.40. The smallest absolute Gasteiger partial charge is 0.210 e. The van der Waals surface area contributed by atoms with E-state index in [1.165, 1.54) is 0 Å². The summed E-state index contributed by atoms with van der Waals surface area (Å²) in [5, 5.41) is 15.4. The minimum Gasteiger partial charge on any atom is -0.330 e. The summed E-state index contributed by atoms with van der Waals surface area (Å²) in [7, 11) is 0. The van der Waals surface area contributed by atoms with Gasteiger partial charge in [-0.05, 0) is 39.5 Å². The van der Waals surface area contributed by atoms with Gasteiger partial charge in [0.05, 0.1) is 4.88 Å². The van der Waals surface area contributed by atoms with Crippen LogP contribution in [0.5, 0.6) is 0 Å². The van der Waals surface area contributed by atoms with E-state index in [1.54, 1.807) is 22.7 Å². The molecule has 3 aromatic rings. The standard InChI is InChI=1S/C12H8BrN3S2/c13-9-6-7-17-10(9)11-15-16-12(18-11)14-8-4-2-1-3-5-8/h1-7H,(H,14,16). The number of nitrogens with zero attached hydrogens (tertiary/aromatic N) is 2. The van der Waals surface area contributed by atoms with E-state index in [9.17, 15) is 0 Å². The zero-order valence-electron chi connectivity index (χ0n) is 9.13. The molecule has 0 aliphatic heterocycles. The van der Waals surface area contributed by atoms with Gasteiger partial charge in [0, 0.05) is 10.2 Å². The van der Waals surface area contributed by atoms with Gasteiger partial charge < -0.3 is 5.32 Å². The van der Waals surface area contributed by atoms with Crippen molar-refractivity contribution in [1.29, 1.82) is 0 Å². The minimum atomic E-state index is 0.802. The van der Waals surface area contributed by atoms with E-state index < -0.39 is 0 Å². The monoisotopic (exact) mass is 337 g/mol. The first kappa shape index (κ1) is 11.8. The molecule has 0 aliphatic carbocycles. The highest BCUT2D eigenvalue weighted by Gasteiger charge is 2.11. The molecule has 3 rings (SSSR count). The lowest BCUT2D eigenvalue weighted by Gasteiger charge is -1.99. The molecule has 0 unspecified atom stereocenters. The summed E-state index contributed by atoms with van der Waals surface area (Å²) in [5.74, 6) is 0. The van der Waals surface area contributed by atoms with Crippen LogP contribution in [-0.4, -0.2) is 10.2 Å². The Hall–Kier alpha value is -1.24. The largest absolute Gasteiger partial charge is 0.330 e. The van der Waals surface area contributed by atoms with Gasteiger partial charge in [0.2, 0.25) is 5.13 Å². The van der Waals surface area contributed by atoms with Crippen molar-refractivity contribution >= 4 is 49.4 Å². The van der Waals surface area contributed by atoms with Crippen molar-refractivity contribution in [1.82, 2.24) is 10.2 Å². The Morgan fingerprint density at radius 2 is 1.89 bits per heavy atom. The highest BCUT2D eigenvalue weighted by Crippen LogP contribution is 2.36. The van der Waals surface area contributed by atoms with Crippen molar-refractivity contribution in [2.45, 2.75) is 0 Å². The number of hydrogen-bond donors (Lipinski definition) is 1. The zero-order chi connectivity index (χ0) is 12.4. The Morgan fingerprint density at radius 1 is 1.06 bits per heavy atom. The predicted molar refractivity (Wildman–Crippen MR) is 80.6 cm³/mol. The molecule has 90 valence electrons. The van der Waals surface area contributed by atoms with E-state index in [2.05, 4.69) is 31.4 Å². The maximum atomic E-state index is 4.20. The molecule has 3 nitrogen and oxygen atoms in total. The second kappa shape index (κ2) is 5.17. The van der Waals surface area contributed by atoms with Gasteiger partial charge in [-0.25, -0.2) is 0 Å². The normalized spacial score (nSPS) is 10.5. The molecule has 0 saturated heterocycles. The number of thiophene rings is 1. The van der Waals surface area contributed by atoms with Crippen LogP contribution in [0.4, 0.5) is 10.8 Å². The van der Waals surface area contributed by atoms with E-state index in [1.807, 2.05) is 41.8 Å². The van der Waals surface area contributed by atoms with Gasteiger partial charge in [0.1, 0.15) is 0 Å². The summed E-state index contributed by atoms with van der Waals surface area (Å²) in [6.07, 6.45) is 0. The molecule has 0 bridgehead atoms. The molecule has 6 heteroatoms. The molecule has 0 saturated carbocycles. The predicted octanol–water partition coefficient (Wildman–Crippen LogP) is 4.77. The van der Waals surface area contributed by atoms with Crippen molar-refractivity contribution < 1.29 is 0 Å². The first-order chi connectivity index (χ1) is 8.83. The molecule has 18 heavy (non-hydrogen) atoms. The fourth-order valence-electron chi connectivity index (χ4n) is 1.46. The van der Waals surface area contributed by atoms with Gasteiger partial charge in [-0.2, -0.15) is 0 Å². The summed E-state index contributed by atoms with van der Waals surface area (Å²) in [4.78, 5) is 1.12. The average Bonchev–Trinajstić information content (AvgIpc) is 2.99. The van der Waals surface area contributed by atoms with E-state index in [0.29, 0.717) is 0 Å². The fraction of sp³-hybridized carbons (Fsp3) is 0. The summed E-state index contributed by atoms with van der Waals surface area (Å²) in [6.45, 7) is 0. The van der Waals surface area contributed by atoms with Crippen molar-refractivity contribution in [3.05, 3.63) is 46.3 Å². The number of anilines is 2. The lowest BCUT2D eigenvalue weighted by molar-refractivity contribution is 1.10. The number of halogens is 1. The van der Waals surface area contributed by atoms with Gasteiger partial charge in [-0.3, -0.25) is 0 Å². The van der Waals surface area contributed by atoms with Crippen LogP contribution in [0, 0.1) is 0 Å². The molecule has 0 aliphatic rings. The Bertz CT molecular complexity index is 648. The number of para-hydroxylation sites is 1. The average molecular weight is 338 g/mol. The third-order valence-electron chi connectivity index (χ3n) is 2.26. The van der Waals surface area contributed by atoms with Gasteiger partial charge in [-0.1, -0.05) is 29.5 Å². The topological polar surface area (TPSA) is 37.8 Å². The number of nitrogens with one attached hydrogen (secondary N) is 1. The van der Waals surface area contributed by atoms with Crippen LogP contribution in [0.3, 0.4) is 0 Å². The molecular formula is C12H8BrN3S2. The molecule has 0 amide bonds. The Labute approximate surface area is 121 Å². The quantitative estimate of drug-likeness (QED) is 0.747. The summed E-state index contributed by atoms with van der Waals surface area (Å²) in [6, 6.07) is 12.0. The van der Waals surface area contributed by atoms with Crippen LogP contribution < -0.4 is 5.32 Å². The summed E-state index contributed by atoms with van der Waals surface area (Å²) >= 11 is 6.71. The first-order valence-corrected chi connectivity index (χ1v) is 7.71. The molecule has 1 N–H and O–H groups in total. The van der Waals surface area contributed by atoms with Crippen LogP contribution in [0.25, 0.3) is 9.88 Å². The van der Waals surface area contributed by atoms with Crippen molar-refractivity contribution in [2.24, 2.45) is 0 Å². The molecule has 2 heterocycles. The summed E-state index contributed by atoms with van der Waals surface area (Å²) < 4.78 is 1.06. The second-order valence-electron chi connectivity index (χ2n) is 3.50. The third kappa shape index (κ3) is 2.45. The lowest BCUT2D eigenvalue weighted by Crippen LogP contribution is -1.87. The second-order valence-corrected chi connectivity index (χ2v) is 6.25. The van der Waals surface area contributed by atoms with Gasteiger partial charge in [0.15, 0.2) is 5.01 Å². The highest BCUT2D eigenvalue weighted by atomic mass is 79.9. The third-order valence-corrected chi connectivity index (χ3v) is 5.09. The van der Waals surface area contributed by atoms with Gasteiger partial charge in [0.25, 0.3) is 0 Å². The number of rotatable bonds is 3. The number of aromatic nitrogens is 2. The van der Waals surface area contributed by atoms with Crippen LogP contribution in [-0.2, 0) is 0 Å². The highest BCUT2D eigenvalue weighted by molar-refractivity contribution is 9.10. The fourth-order valence-corrected chi connectivity index (χ4v) is 4.01. The molecular weight excluding hydrogens is 330 g/mol. The minimum absolute atomic E-state index is 0.802. The maximum absolute atomic E-state index is 4.20. The molecule has 1 aromatic carbocycles. The molecule has 2 aromatic heterocycles.